The first kappa shape index (κ1) is 13.7. The first-order chi connectivity index (χ1) is 9.09. The van der Waals surface area contributed by atoms with Crippen LogP contribution in [0.1, 0.15) is 24.0 Å². The molecule has 0 aliphatic heterocycles. The van der Waals surface area contributed by atoms with E-state index in [-0.39, 0.29) is 17.9 Å². The quantitative estimate of drug-likeness (QED) is 0.891. The van der Waals surface area contributed by atoms with E-state index in [0.29, 0.717) is 0 Å². The summed E-state index contributed by atoms with van der Waals surface area (Å²) in [6, 6.07) is 13.5. The molecule has 1 nitrogen and oxygen atoms in total. The Labute approximate surface area is 111 Å². The zero-order chi connectivity index (χ0) is 13.8. The molecule has 0 fully saturated rings. The highest BCUT2D eigenvalue weighted by Gasteiger charge is 2.19. The predicted octanol–water partition coefficient (Wildman–Crippen LogP) is 3.67. The van der Waals surface area contributed by atoms with Gasteiger partial charge in [0.1, 0.15) is 0 Å². The Morgan fingerprint density at radius 3 is 2.37 bits per heavy atom. The van der Waals surface area contributed by atoms with Crippen molar-refractivity contribution in [1.82, 2.24) is 0 Å². The molecule has 2 rings (SSSR count). The van der Waals surface area contributed by atoms with Crippen molar-refractivity contribution in [1.29, 1.82) is 0 Å². The number of benzene rings is 2. The molecule has 0 saturated carbocycles. The summed E-state index contributed by atoms with van der Waals surface area (Å²) >= 11 is 0. The van der Waals surface area contributed by atoms with Crippen molar-refractivity contribution < 1.29 is 13.9 Å². The molecule has 0 spiro atoms. The standard InChI is InChI=1S/C16H16F2O/c1-11(12-6-3-2-4-7-12)15(19)10-13-8-5-9-14(17)16(13)18/h2-9,11,15,19H,10H2,1H3. The van der Waals surface area contributed by atoms with Crippen LogP contribution in [-0.4, -0.2) is 11.2 Å². The van der Waals surface area contributed by atoms with Gasteiger partial charge in [-0.3, -0.25) is 0 Å². The van der Waals surface area contributed by atoms with E-state index in [4.69, 9.17) is 0 Å². The van der Waals surface area contributed by atoms with E-state index in [1.807, 2.05) is 37.3 Å². The Hall–Kier alpha value is -1.74. The molecule has 3 heteroatoms. The van der Waals surface area contributed by atoms with Crippen molar-refractivity contribution in [2.45, 2.75) is 25.4 Å². The van der Waals surface area contributed by atoms with Gasteiger partial charge in [0.25, 0.3) is 0 Å². The Morgan fingerprint density at radius 2 is 1.68 bits per heavy atom. The van der Waals surface area contributed by atoms with Gasteiger partial charge in [-0.05, 0) is 17.2 Å². The molecule has 2 unspecified atom stereocenters. The Kier molecular flexibility index (Phi) is 4.27. The van der Waals surface area contributed by atoms with Gasteiger partial charge < -0.3 is 5.11 Å². The fraction of sp³-hybridized carbons (Fsp3) is 0.250. The van der Waals surface area contributed by atoms with E-state index < -0.39 is 17.7 Å². The highest BCUT2D eigenvalue weighted by atomic mass is 19.2. The molecule has 0 bridgehead atoms. The van der Waals surface area contributed by atoms with Gasteiger partial charge in [0.05, 0.1) is 6.10 Å². The number of hydrogen-bond donors (Lipinski definition) is 1. The van der Waals surface area contributed by atoms with Gasteiger partial charge in [-0.2, -0.15) is 0 Å². The zero-order valence-corrected chi connectivity index (χ0v) is 10.7. The van der Waals surface area contributed by atoms with Crippen LogP contribution in [0.5, 0.6) is 0 Å². The average Bonchev–Trinajstić information content (AvgIpc) is 2.44. The maximum atomic E-state index is 13.5. The van der Waals surface area contributed by atoms with Crippen LogP contribution >= 0.6 is 0 Å². The molecular formula is C16H16F2O. The second-order valence-corrected chi connectivity index (χ2v) is 4.68. The predicted molar refractivity (Wildman–Crippen MR) is 70.9 cm³/mol. The molecule has 0 heterocycles. The van der Waals surface area contributed by atoms with E-state index in [1.165, 1.54) is 12.1 Å². The summed E-state index contributed by atoms with van der Waals surface area (Å²) in [6.07, 6.45) is -0.654. The molecule has 1 N–H and O–H groups in total. The Bertz CT molecular complexity index is 540. The third-order valence-electron chi connectivity index (χ3n) is 3.36. The lowest BCUT2D eigenvalue weighted by Crippen LogP contribution is -2.19. The molecule has 0 amide bonds. The second kappa shape index (κ2) is 5.93. The summed E-state index contributed by atoms with van der Waals surface area (Å²) in [5.74, 6) is -1.89. The maximum Gasteiger partial charge on any atom is 0.162 e. The summed E-state index contributed by atoms with van der Waals surface area (Å²) in [5, 5.41) is 10.2. The Morgan fingerprint density at radius 1 is 1.00 bits per heavy atom. The largest absolute Gasteiger partial charge is 0.392 e. The normalized spacial score (nSPS) is 14.1. The van der Waals surface area contributed by atoms with E-state index in [2.05, 4.69) is 0 Å². The van der Waals surface area contributed by atoms with Crippen molar-refractivity contribution in [2.75, 3.05) is 0 Å². The van der Waals surface area contributed by atoms with E-state index in [1.54, 1.807) is 0 Å². The third-order valence-corrected chi connectivity index (χ3v) is 3.36. The van der Waals surface area contributed by atoms with Gasteiger partial charge >= 0.3 is 0 Å². The van der Waals surface area contributed by atoms with Crippen LogP contribution in [0.3, 0.4) is 0 Å². The number of hydrogen-bond acceptors (Lipinski definition) is 1. The van der Waals surface area contributed by atoms with E-state index in [9.17, 15) is 13.9 Å². The summed E-state index contributed by atoms with van der Waals surface area (Å²) in [4.78, 5) is 0. The van der Waals surface area contributed by atoms with Gasteiger partial charge in [0.2, 0.25) is 0 Å². The highest BCUT2D eigenvalue weighted by Crippen LogP contribution is 2.23. The van der Waals surface area contributed by atoms with Gasteiger partial charge in [0, 0.05) is 12.3 Å². The van der Waals surface area contributed by atoms with Crippen LogP contribution in [0.2, 0.25) is 0 Å². The molecule has 0 aromatic heterocycles. The van der Waals surface area contributed by atoms with E-state index >= 15 is 0 Å². The van der Waals surface area contributed by atoms with Crippen LogP contribution in [0.15, 0.2) is 48.5 Å². The van der Waals surface area contributed by atoms with Crippen molar-refractivity contribution in [2.24, 2.45) is 0 Å². The minimum absolute atomic E-state index is 0.0969. The van der Waals surface area contributed by atoms with Crippen LogP contribution in [0.4, 0.5) is 8.78 Å². The lowest BCUT2D eigenvalue weighted by Gasteiger charge is -2.19. The minimum atomic E-state index is -0.878. The van der Waals surface area contributed by atoms with Crippen molar-refractivity contribution in [3.8, 4) is 0 Å². The molecule has 2 aromatic carbocycles. The highest BCUT2D eigenvalue weighted by molar-refractivity contribution is 5.23. The lowest BCUT2D eigenvalue weighted by molar-refractivity contribution is 0.148. The fourth-order valence-corrected chi connectivity index (χ4v) is 2.09. The first-order valence-corrected chi connectivity index (χ1v) is 6.25. The molecule has 0 aliphatic carbocycles. The number of halogens is 2. The summed E-state index contributed by atoms with van der Waals surface area (Å²) in [7, 11) is 0. The molecule has 2 aromatic rings. The fourth-order valence-electron chi connectivity index (χ4n) is 2.09. The van der Waals surface area contributed by atoms with Gasteiger partial charge in [-0.15, -0.1) is 0 Å². The number of aliphatic hydroxyl groups excluding tert-OH is 1. The van der Waals surface area contributed by atoms with Gasteiger partial charge in [0.15, 0.2) is 11.6 Å². The van der Waals surface area contributed by atoms with Crippen molar-refractivity contribution in [3.05, 3.63) is 71.3 Å². The number of aliphatic hydroxyl groups is 1. The topological polar surface area (TPSA) is 20.2 Å². The van der Waals surface area contributed by atoms with Crippen LogP contribution < -0.4 is 0 Å². The van der Waals surface area contributed by atoms with Crippen molar-refractivity contribution in [3.63, 3.8) is 0 Å². The molecule has 100 valence electrons. The minimum Gasteiger partial charge on any atom is -0.392 e. The van der Waals surface area contributed by atoms with Crippen molar-refractivity contribution >= 4 is 0 Å². The monoisotopic (exact) mass is 262 g/mol. The lowest BCUT2D eigenvalue weighted by atomic mass is 9.91. The van der Waals surface area contributed by atoms with Crippen LogP contribution in [0, 0.1) is 11.6 Å². The third kappa shape index (κ3) is 3.18. The van der Waals surface area contributed by atoms with E-state index in [0.717, 1.165) is 11.6 Å². The molecule has 0 aliphatic rings. The Balaban J connectivity index is 2.13. The van der Waals surface area contributed by atoms with Crippen LogP contribution in [-0.2, 0) is 6.42 Å². The summed E-state index contributed by atoms with van der Waals surface area (Å²) < 4.78 is 26.6. The molecule has 0 radical (unpaired) electrons. The maximum absolute atomic E-state index is 13.5. The van der Waals surface area contributed by atoms with Gasteiger partial charge in [-0.1, -0.05) is 49.4 Å². The molecular weight excluding hydrogens is 246 g/mol. The first-order valence-electron chi connectivity index (χ1n) is 6.25. The second-order valence-electron chi connectivity index (χ2n) is 4.68. The van der Waals surface area contributed by atoms with Gasteiger partial charge in [-0.25, -0.2) is 8.78 Å². The molecule has 19 heavy (non-hydrogen) atoms. The number of rotatable bonds is 4. The smallest absolute Gasteiger partial charge is 0.162 e. The summed E-state index contributed by atoms with van der Waals surface area (Å²) in [5.41, 5.74) is 1.18. The average molecular weight is 262 g/mol. The van der Waals surface area contributed by atoms with Crippen LogP contribution in [0.25, 0.3) is 0 Å². The summed E-state index contributed by atoms with van der Waals surface area (Å²) in [6.45, 7) is 1.87. The SMILES string of the molecule is CC(c1ccccc1)C(O)Cc1cccc(F)c1F. The molecule has 0 saturated heterocycles. The zero-order valence-electron chi connectivity index (χ0n) is 10.7. The molecule has 2 atom stereocenters.